The van der Waals surface area contributed by atoms with E-state index in [1.807, 2.05) is 18.2 Å². The minimum atomic E-state index is -0.354. The van der Waals surface area contributed by atoms with Gasteiger partial charge >= 0.3 is 0 Å². The SMILES string of the molecule is O=C(NC(=S)Nc1cccc(Cl)c1N1CCCC1)c1ccccc1Cl. The molecule has 2 aromatic carbocycles. The van der Waals surface area contributed by atoms with Gasteiger partial charge in [0.15, 0.2) is 5.11 Å². The number of halogens is 2. The van der Waals surface area contributed by atoms with Crippen molar-refractivity contribution in [1.29, 1.82) is 0 Å². The molecule has 1 amide bonds. The number of carbonyl (C=O) groups excluding carboxylic acids is 1. The maximum atomic E-state index is 12.3. The molecule has 25 heavy (non-hydrogen) atoms. The highest BCUT2D eigenvalue weighted by molar-refractivity contribution is 7.80. The molecule has 1 heterocycles. The van der Waals surface area contributed by atoms with Gasteiger partial charge in [-0.15, -0.1) is 0 Å². The van der Waals surface area contributed by atoms with E-state index in [-0.39, 0.29) is 11.0 Å². The molecule has 0 bridgehead atoms. The first-order chi connectivity index (χ1) is 12.1. The van der Waals surface area contributed by atoms with Crippen LogP contribution in [0, 0.1) is 0 Å². The van der Waals surface area contributed by atoms with Crippen molar-refractivity contribution in [3.8, 4) is 0 Å². The number of rotatable bonds is 3. The Morgan fingerprint density at radius 2 is 1.68 bits per heavy atom. The van der Waals surface area contributed by atoms with Gasteiger partial charge in [-0.1, -0.05) is 41.4 Å². The second kappa shape index (κ2) is 8.04. The minimum Gasteiger partial charge on any atom is -0.369 e. The molecule has 0 saturated carbocycles. The normalized spacial score (nSPS) is 13.6. The zero-order valence-corrected chi connectivity index (χ0v) is 15.7. The van der Waals surface area contributed by atoms with Gasteiger partial charge in [0.05, 0.1) is 27.0 Å². The van der Waals surface area contributed by atoms with Gasteiger partial charge in [-0.05, 0) is 49.3 Å². The number of anilines is 2. The lowest BCUT2D eigenvalue weighted by molar-refractivity contribution is 0.0978. The van der Waals surface area contributed by atoms with E-state index in [4.69, 9.17) is 35.4 Å². The summed E-state index contributed by atoms with van der Waals surface area (Å²) in [5.41, 5.74) is 2.06. The van der Waals surface area contributed by atoms with E-state index in [1.165, 1.54) is 0 Å². The van der Waals surface area contributed by atoms with E-state index in [0.717, 1.165) is 37.3 Å². The molecule has 130 valence electrons. The Labute approximate surface area is 162 Å². The van der Waals surface area contributed by atoms with E-state index >= 15 is 0 Å². The quantitative estimate of drug-likeness (QED) is 0.740. The van der Waals surface area contributed by atoms with Gasteiger partial charge < -0.3 is 10.2 Å². The summed E-state index contributed by atoms with van der Waals surface area (Å²) in [4.78, 5) is 14.5. The fourth-order valence-corrected chi connectivity index (χ4v) is 3.57. The first-order valence-electron chi connectivity index (χ1n) is 7.96. The van der Waals surface area contributed by atoms with Crippen molar-refractivity contribution in [2.45, 2.75) is 12.8 Å². The summed E-state index contributed by atoms with van der Waals surface area (Å²) in [6.07, 6.45) is 2.27. The van der Waals surface area contributed by atoms with Crippen LogP contribution in [0.4, 0.5) is 11.4 Å². The van der Waals surface area contributed by atoms with Gasteiger partial charge in [-0.25, -0.2) is 0 Å². The predicted octanol–water partition coefficient (Wildman–Crippen LogP) is 4.72. The lowest BCUT2D eigenvalue weighted by Gasteiger charge is -2.23. The zero-order chi connectivity index (χ0) is 17.8. The van der Waals surface area contributed by atoms with Crippen LogP contribution in [-0.4, -0.2) is 24.1 Å². The number of amides is 1. The van der Waals surface area contributed by atoms with Gasteiger partial charge in [0.1, 0.15) is 0 Å². The van der Waals surface area contributed by atoms with Crippen LogP contribution in [0.1, 0.15) is 23.2 Å². The number of nitrogens with zero attached hydrogens (tertiary/aromatic N) is 1. The van der Waals surface area contributed by atoms with Crippen LogP contribution < -0.4 is 15.5 Å². The smallest absolute Gasteiger partial charge is 0.258 e. The van der Waals surface area contributed by atoms with Crippen LogP contribution in [0.2, 0.25) is 10.0 Å². The highest BCUT2D eigenvalue weighted by Crippen LogP contribution is 2.35. The number of para-hydroxylation sites is 1. The Kier molecular flexibility index (Phi) is 5.78. The number of thiocarbonyl (C=S) groups is 1. The van der Waals surface area contributed by atoms with Crippen LogP contribution in [0.3, 0.4) is 0 Å². The second-order valence-corrected chi connectivity index (χ2v) is 6.94. The maximum Gasteiger partial charge on any atom is 0.258 e. The molecule has 0 aromatic heterocycles. The molecule has 0 unspecified atom stereocenters. The average molecular weight is 394 g/mol. The Morgan fingerprint density at radius 3 is 2.40 bits per heavy atom. The standard InChI is InChI=1S/C18H17Cl2N3OS/c19-13-7-2-1-6-12(13)17(24)22-18(25)21-15-9-5-8-14(20)16(15)23-10-3-4-11-23/h1-2,5-9H,3-4,10-11H2,(H2,21,22,24,25). The molecule has 0 atom stereocenters. The third kappa shape index (κ3) is 4.24. The second-order valence-electron chi connectivity index (χ2n) is 5.72. The van der Waals surface area contributed by atoms with Crippen molar-refractivity contribution in [1.82, 2.24) is 5.32 Å². The Bertz CT molecular complexity index is 807. The number of nitrogens with one attached hydrogen (secondary N) is 2. The fraction of sp³-hybridized carbons (Fsp3) is 0.222. The summed E-state index contributed by atoms with van der Waals surface area (Å²) in [6.45, 7) is 1.91. The van der Waals surface area contributed by atoms with Crippen molar-refractivity contribution in [2.24, 2.45) is 0 Å². The first kappa shape index (κ1) is 18.0. The summed E-state index contributed by atoms with van der Waals surface area (Å²) >= 11 is 17.7. The summed E-state index contributed by atoms with van der Waals surface area (Å²) in [7, 11) is 0. The molecule has 7 heteroatoms. The number of hydrogen-bond acceptors (Lipinski definition) is 3. The minimum absolute atomic E-state index is 0.202. The highest BCUT2D eigenvalue weighted by atomic mass is 35.5. The molecule has 2 N–H and O–H groups in total. The molecule has 0 radical (unpaired) electrons. The highest BCUT2D eigenvalue weighted by Gasteiger charge is 2.19. The van der Waals surface area contributed by atoms with Gasteiger partial charge in [0, 0.05) is 13.1 Å². The van der Waals surface area contributed by atoms with E-state index in [1.54, 1.807) is 24.3 Å². The van der Waals surface area contributed by atoms with Crippen molar-refractivity contribution in [2.75, 3.05) is 23.3 Å². The maximum absolute atomic E-state index is 12.3. The molecule has 1 saturated heterocycles. The topological polar surface area (TPSA) is 44.4 Å². The number of carbonyl (C=O) groups is 1. The summed E-state index contributed by atoms with van der Waals surface area (Å²) in [6, 6.07) is 12.4. The molecular weight excluding hydrogens is 377 g/mol. The van der Waals surface area contributed by atoms with Crippen molar-refractivity contribution < 1.29 is 4.79 Å². The predicted molar refractivity (Wildman–Crippen MR) is 108 cm³/mol. The zero-order valence-electron chi connectivity index (χ0n) is 13.4. The number of hydrogen-bond donors (Lipinski definition) is 2. The summed E-state index contributed by atoms with van der Waals surface area (Å²) in [5.74, 6) is -0.354. The lowest BCUT2D eigenvalue weighted by atomic mass is 10.2. The molecule has 0 spiro atoms. The Balaban J connectivity index is 1.74. The van der Waals surface area contributed by atoms with Crippen LogP contribution >= 0.6 is 35.4 Å². The monoisotopic (exact) mass is 393 g/mol. The van der Waals surface area contributed by atoms with Gasteiger partial charge in [-0.2, -0.15) is 0 Å². The largest absolute Gasteiger partial charge is 0.369 e. The first-order valence-corrected chi connectivity index (χ1v) is 9.13. The molecule has 2 aromatic rings. The molecule has 1 aliphatic rings. The molecule has 1 fully saturated rings. The van der Waals surface area contributed by atoms with E-state index in [9.17, 15) is 4.79 Å². The molecule has 0 aliphatic carbocycles. The van der Waals surface area contributed by atoms with Gasteiger partial charge in [0.25, 0.3) is 5.91 Å². The molecular formula is C18H17Cl2N3OS. The van der Waals surface area contributed by atoms with Crippen molar-refractivity contribution >= 4 is 57.8 Å². The summed E-state index contributed by atoms with van der Waals surface area (Å²) < 4.78 is 0. The van der Waals surface area contributed by atoms with Gasteiger partial charge in [-0.3, -0.25) is 10.1 Å². The van der Waals surface area contributed by atoms with E-state index in [2.05, 4.69) is 15.5 Å². The molecule has 1 aliphatic heterocycles. The van der Waals surface area contributed by atoms with Crippen LogP contribution in [0.25, 0.3) is 0 Å². The van der Waals surface area contributed by atoms with E-state index < -0.39 is 0 Å². The van der Waals surface area contributed by atoms with Crippen molar-refractivity contribution in [3.05, 3.63) is 58.1 Å². The van der Waals surface area contributed by atoms with Crippen molar-refractivity contribution in [3.63, 3.8) is 0 Å². The Hall–Kier alpha value is -1.82. The van der Waals surface area contributed by atoms with Crippen LogP contribution in [0.15, 0.2) is 42.5 Å². The fourth-order valence-electron chi connectivity index (χ4n) is 2.85. The summed E-state index contributed by atoms with van der Waals surface area (Å²) in [5, 5.41) is 6.98. The molecule has 3 rings (SSSR count). The Morgan fingerprint density at radius 1 is 1.00 bits per heavy atom. The third-order valence-electron chi connectivity index (χ3n) is 4.00. The number of benzene rings is 2. The third-order valence-corrected chi connectivity index (χ3v) is 4.84. The van der Waals surface area contributed by atoms with E-state index in [0.29, 0.717) is 15.6 Å². The van der Waals surface area contributed by atoms with Gasteiger partial charge in [0.2, 0.25) is 0 Å². The lowest BCUT2D eigenvalue weighted by Crippen LogP contribution is -2.34. The van der Waals surface area contributed by atoms with Crippen LogP contribution in [0.5, 0.6) is 0 Å². The van der Waals surface area contributed by atoms with Crippen LogP contribution in [-0.2, 0) is 0 Å². The average Bonchev–Trinajstić information content (AvgIpc) is 3.09. The molecule has 4 nitrogen and oxygen atoms in total.